The van der Waals surface area contributed by atoms with Gasteiger partial charge in [0.2, 0.25) is 5.28 Å². The average Bonchev–Trinajstić information content (AvgIpc) is 3.32. The van der Waals surface area contributed by atoms with E-state index in [4.69, 9.17) is 21.1 Å². The highest BCUT2D eigenvalue weighted by Gasteiger charge is 2.22. The highest BCUT2D eigenvalue weighted by molar-refractivity contribution is 6.28. The van der Waals surface area contributed by atoms with Gasteiger partial charge in [-0.2, -0.15) is 4.98 Å². The first-order chi connectivity index (χ1) is 16.1. The molecule has 0 atom stereocenters. The summed E-state index contributed by atoms with van der Waals surface area (Å²) in [6, 6.07) is 8.31. The third-order valence-electron chi connectivity index (χ3n) is 5.61. The van der Waals surface area contributed by atoms with Crippen LogP contribution in [0.3, 0.4) is 0 Å². The van der Waals surface area contributed by atoms with Crippen LogP contribution < -0.4 is 14.8 Å². The first-order valence-corrected chi connectivity index (χ1v) is 11.7. The zero-order chi connectivity index (χ0) is 23.2. The molecule has 0 unspecified atom stereocenters. The van der Waals surface area contributed by atoms with Crippen molar-refractivity contribution in [3.63, 3.8) is 0 Å². The predicted molar refractivity (Wildman–Crippen MR) is 127 cm³/mol. The van der Waals surface area contributed by atoms with Crippen molar-refractivity contribution in [3.05, 3.63) is 59.5 Å². The molecular weight excluding hydrogens is 445 g/mol. The number of ether oxygens (including phenoxy) is 2. The second-order valence-electron chi connectivity index (χ2n) is 7.93. The molecular formula is C24H29ClFN5O2. The number of halogens is 2. The van der Waals surface area contributed by atoms with Gasteiger partial charge >= 0.3 is 0 Å². The normalized spacial score (nSPS) is 14.9. The maximum atomic E-state index is 13.9. The summed E-state index contributed by atoms with van der Waals surface area (Å²) >= 11 is 5.80. The minimum Gasteiger partial charge on any atom is -0.492 e. The number of likely N-dealkylation sites (tertiary alicyclic amines) is 1. The molecule has 0 spiro atoms. The van der Waals surface area contributed by atoms with E-state index in [2.05, 4.69) is 32.3 Å². The molecule has 9 heteroatoms. The van der Waals surface area contributed by atoms with Crippen LogP contribution >= 0.6 is 11.6 Å². The molecule has 0 radical (unpaired) electrons. The Bertz CT molecular complexity index is 1030. The summed E-state index contributed by atoms with van der Waals surface area (Å²) in [6.45, 7) is 7.66. The standard InChI is InChI=1S/C24H29ClFN5O2/c1-3-32-20-13-17(14-21(33-4-2)22(20)31-9-5-6-10-31)16-30-11-7-18(8-12-30)28-23-19(26)15-27-24(25)29-23/h5-6,9-10,13-15,18H,3-4,7-8,11-12,16H2,1-2H3,(H,27,28,29). The molecule has 1 N–H and O–H groups in total. The zero-order valence-electron chi connectivity index (χ0n) is 18.9. The van der Waals surface area contributed by atoms with E-state index in [1.54, 1.807) is 0 Å². The lowest BCUT2D eigenvalue weighted by Crippen LogP contribution is -2.39. The summed E-state index contributed by atoms with van der Waals surface area (Å²) in [5.74, 6) is 1.29. The van der Waals surface area contributed by atoms with Crippen molar-refractivity contribution < 1.29 is 13.9 Å². The average molecular weight is 474 g/mol. The first kappa shape index (κ1) is 23.3. The molecule has 33 heavy (non-hydrogen) atoms. The van der Waals surface area contributed by atoms with Crippen LogP contribution in [-0.4, -0.2) is 51.8 Å². The fourth-order valence-corrected chi connectivity index (χ4v) is 4.26. The number of aromatic nitrogens is 3. The molecule has 176 valence electrons. The molecule has 1 fully saturated rings. The van der Waals surface area contributed by atoms with Gasteiger partial charge in [-0.3, -0.25) is 4.90 Å². The van der Waals surface area contributed by atoms with Crippen LogP contribution in [0, 0.1) is 5.82 Å². The quantitative estimate of drug-likeness (QED) is 0.444. The fourth-order valence-electron chi connectivity index (χ4n) is 4.13. The largest absolute Gasteiger partial charge is 0.492 e. The molecule has 0 saturated carbocycles. The van der Waals surface area contributed by atoms with Gasteiger partial charge in [0.15, 0.2) is 11.6 Å². The van der Waals surface area contributed by atoms with Crippen LogP contribution in [0.5, 0.6) is 11.5 Å². The minimum absolute atomic E-state index is 0.0369. The second kappa shape index (κ2) is 10.9. The number of anilines is 1. The van der Waals surface area contributed by atoms with Gasteiger partial charge in [-0.1, -0.05) is 0 Å². The number of piperidine rings is 1. The van der Waals surface area contributed by atoms with Gasteiger partial charge in [0.05, 0.1) is 19.4 Å². The molecule has 1 aliphatic heterocycles. The molecule has 7 nitrogen and oxygen atoms in total. The Morgan fingerprint density at radius 2 is 1.73 bits per heavy atom. The van der Waals surface area contributed by atoms with E-state index < -0.39 is 5.82 Å². The van der Waals surface area contributed by atoms with E-state index in [9.17, 15) is 4.39 Å². The maximum Gasteiger partial charge on any atom is 0.224 e. The van der Waals surface area contributed by atoms with Crippen LogP contribution in [-0.2, 0) is 6.54 Å². The van der Waals surface area contributed by atoms with Crippen molar-refractivity contribution in [1.29, 1.82) is 0 Å². The van der Waals surface area contributed by atoms with Crippen LogP contribution in [0.25, 0.3) is 5.69 Å². The topological polar surface area (TPSA) is 64.4 Å². The lowest BCUT2D eigenvalue weighted by Gasteiger charge is -2.33. The monoisotopic (exact) mass is 473 g/mol. The molecule has 3 aromatic rings. The molecule has 2 aromatic heterocycles. The molecule has 1 saturated heterocycles. The summed E-state index contributed by atoms with van der Waals surface area (Å²) in [4.78, 5) is 10.0. The highest BCUT2D eigenvalue weighted by atomic mass is 35.5. The summed E-state index contributed by atoms with van der Waals surface area (Å²) in [5, 5.41) is 3.21. The lowest BCUT2D eigenvalue weighted by atomic mass is 10.0. The van der Waals surface area contributed by atoms with E-state index in [0.717, 1.165) is 61.4 Å². The van der Waals surface area contributed by atoms with Crippen molar-refractivity contribution in [1.82, 2.24) is 19.4 Å². The van der Waals surface area contributed by atoms with Gasteiger partial charge in [0, 0.05) is 38.1 Å². The molecule has 1 aromatic carbocycles. The molecule has 0 amide bonds. The van der Waals surface area contributed by atoms with Crippen molar-refractivity contribution in [2.24, 2.45) is 0 Å². The van der Waals surface area contributed by atoms with Gasteiger partial charge in [-0.15, -0.1) is 0 Å². The van der Waals surface area contributed by atoms with E-state index in [1.807, 2.05) is 42.9 Å². The van der Waals surface area contributed by atoms with Crippen LogP contribution in [0.15, 0.2) is 42.9 Å². The molecule has 3 heterocycles. The maximum absolute atomic E-state index is 13.9. The van der Waals surface area contributed by atoms with Crippen LogP contribution in [0.4, 0.5) is 10.2 Å². The number of hydrogen-bond acceptors (Lipinski definition) is 6. The summed E-state index contributed by atoms with van der Waals surface area (Å²) in [7, 11) is 0. The molecule has 0 aliphatic carbocycles. The second-order valence-corrected chi connectivity index (χ2v) is 8.27. The number of benzene rings is 1. The van der Waals surface area contributed by atoms with E-state index >= 15 is 0 Å². The van der Waals surface area contributed by atoms with Crippen LogP contribution in [0.1, 0.15) is 32.3 Å². The Labute approximate surface area is 198 Å². The highest BCUT2D eigenvalue weighted by Crippen LogP contribution is 2.35. The van der Waals surface area contributed by atoms with Gasteiger partial charge in [-0.25, -0.2) is 9.37 Å². The number of nitrogens with zero attached hydrogens (tertiary/aromatic N) is 4. The van der Waals surface area contributed by atoms with E-state index in [-0.39, 0.29) is 17.1 Å². The Morgan fingerprint density at radius 3 is 2.33 bits per heavy atom. The van der Waals surface area contributed by atoms with Crippen molar-refractivity contribution >= 4 is 17.4 Å². The number of rotatable bonds is 9. The summed E-state index contributed by atoms with van der Waals surface area (Å²) in [6.07, 6.45) is 6.82. The molecule has 1 aliphatic rings. The minimum atomic E-state index is -0.489. The molecule has 0 bridgehead atoms. The third-order valence-corrected chi connectivity index (χ3v) is 5.79. The van der Waals surface area contributed by atoms with Gasteiger partial charge in [0.25, 0.3) is 0 Å². The molecule has 4 rings (SSSR count). The summed E-state index contributed by atoms with van der Waals surface area (Å²) < 4.78 is 28.0. The fraction of sp³-hybridized carbons (Fsp3) is 0.417. The first-order valence-electron chi connectivity index (χ1n) is 11.3. The van der Waals surface area contributed by atoms with Gasteiger partial charge in [-0.05, 0) is 68.1 Å². The van der Waals surface area contributed by atoms with Gasteiger partial charge in [0.1, 0.15) is 17.2 Å². The number of nitrogens with one attached hydrogen (secondary N) is 1. The number of hydrogen-bond donors (Lipinski definition) is 1. The summed E-state index contributed by atoms with van der Waals surface area (Å²) in [5.41, 5.74) is 2.05. The Kier molecular flexibility index (Phi) is 7.67. The van der Waals surface area contributed by atoms with E-state index in [1.165, 1.54) is 0 Å². The zero-order valence-corrected chi connectivity index (χ0v) is 19.7. The lowest BCUT2D eigenvalue weighted by molar-refractivity contribution is 0.210. The van der Waals surface area contributed by atoms with Crippen molar-refractivity contribution in [2.75, 3.05) is 31.6 Å². The SMILES string of the molecule is CCOc1cc(CN2CCC(Nc3nc(Cl)ncc3F)CC2)cc(OCC)c1-n1cccc1. The smallest absolute Gasteiger partial charge is 0.224 e. The Balaban J connectivity index is 1.45. The Hall–Kier alpha value is -2.84. The van der Waals surface area contributed by atoms with Crippen molar-refractivity contribution in [2.45, 2.75) is 39.3 Å². The van der Waals surface area contributed by atoms with Crippen LogP contribution in [0.2, 0.25) is 5.28 Å². The third kappa shape index (κ3) is 5.75. The Morgan fingerprint density at radius 1 is 1.09 bits per heavy atom. The van der Waals surface area contributed by atoms with Crippen molar-refractivity contribution in [3.8, 4) is 17.2 Å². The van der Waals surface area contributed by atoms with Gasteiger partial charge < -0.3 is 19.4 Å². The van der Waals surface area contributed by atoms with E-state index in [0.29, 0.717) is 13.2 Å². The predicted octanol–water partition coefficient (Wildman–Crippen LogP) is 4.93.